The van der Waals surface area contributed by atoms with Crippen LogP contribution in [0.3, 0.4) is 0 Å². The Morgan fingerprint density at radius 2 is 1.83 bits per heavy atom. The monoisotopic (exact) mass is 258 g/mol. The van der Waals surface area contributed by atoms with Crippen LogP contribution in [0, 0.1) is 0 Å². The summed E-state index contributed by atoms with van der Waals surface area (Å²) in [4.78, 5) is 25.9. The molecule has 9 heteroatoms. The van der Waals surface area contributed by atoms with E-state index in [4.69, 9.17) is 9.79 Å². The van der Waals surface area contributed by atoms with E-state index in [0.717, 1.165) is 0 Å². The van der Waals surface area contributed by atoms with Gasteiger partial charge in [0, 0.05) is 6.08 Å². The molecule has 12 heavy (non-hydrogen) atoms. The zero-order valence-corrected chi connectivity index (χ0v) is 5.25. The van der Waals surface area contributed by atoms with E-state index in [1.54, 1.807) is 0 Å². The van der Waals surface area contributed by atoms with Crippen molar-refractivity contribution in [1.29, 1.82) is 0 Å². The van der Waals surface area contributed by atoms with Crippen LogP contribution < -0.4 is 0 Å². The third kappa shape index (κ3) is 18.9. The molecule has 0 unspecified atom stereocenters. The molecule has 0 bridgehead atoms. The van der Waals surface area contributed by atoms with Gasteiger partial charge in [-0.2, -0.15) is 0 Å². The Labute approximate surface area is 165 Å². The van der Waals surface area contributed by atoms with Gasteiger partial charge in [-0.25, -0.2) is 9.36 Å². The van der Waals surface area contributed by atoms with Gasteiger partial charge >= 0.3 is 132 Å². The van der Waals surface area contributed by atoms with Crippen molar-refractivity contribution in [3.05, 3.63) is 12.7 Å². The fourth-order valence-electron chi connectivity index (χ4n) is 0.154. The molecule has 0 heterocycles. The number of carbonyl (C=O) groups is 1. The first-order valence-electron chi connectivity index (χ1n) is 1.87. The van der Waals surface area contributed by atoms with Crippen molar-refractivity contribution in [2.75, 3.05) is 0 Å². The van der Waals surface area contributed by atoms with Crippen LogP contribution in [0.25, 0.3) is 0 Å². The van der Waals surface area contributed by atoms with Gasteiger partial charge in [-0.1, -0.05) is 6.58 Å². The van der Waals surface area contributed by atoms with Gasteiger partial charge in [-0.3, -0.25) is 9.79 Å². The van der Waals surface area contributed by atoms with E-state index >= 15 is 0 Å². The number of hydrogen-bond acceptors (Lipinski definition) is 3. The molecule has 0 aliphatic carbocycles. The SMILES string of the molecule is C=CC(=O)OP(=O)(O)O.[CaH2].[KH].[NaH]. The van der Waals surface area contributed by atoms with Crippen LogP contribution >= 0.6 is 7.82 Å². The summed E-state index contributed by atoms with van der Waals surface area (Å²) in [6.45, 7) is 2.93. The molecule has 0 saturated heterocycles. The summed E-state index contributed by atoms with van der Waals surface area (Å²) >= 11 is 0. The average molecular weight is 258 g/mol. The molecule has 0 aromatic carbocycles. The Morgan fingerprint density at radius 3 is 1.92 bits per heavy atom. The van der Waals surface area contributed by atoms with Crippen LogP contribution in [-0.2, 0) is 13.9 Å². The number of phosphoric acid groups is 1. The average Bonchev–Trinajstić information content (AvgIpc) is 1.62. The molecule has 0 aromatic rings. The van der Waals surface area contributed by atoms with Crippen molar-refractivity contribution in [2.45, 2.75) is 0 Å². The van der Waals surface area contributed by atoms with Crippen LogP contribution in [0.1, 0.15) is 0 Å². The van der Waals surface area contributed by atoms with Crippen LogP contribution in [-0.4, -0.2) is 134 Å². The molecule has 60 valence electrons. The third-order valence-corrected chi connectivity index (χ3v) is 0.793. The molecule has 0 radical (unpaired) electrons. The molecule has 0 spiro atoms. The standard InChI is InChI=1S/C3H5O5P.Ca.K.Na.4H/c1-2-3(4)8-9(5,6)7;;;;;;;/h2H,1H2,(H2,5,6,7);;;;;;;. The van der Waals surface area contributed by atoms with Gasteiger partial charge in [0.2, 0.25) is 0 Å². The second-order valence-electron chi connectivity index (χ2n) is 1.11. The summed E-state index contributed by atoms with van der Waals surface area (Å²) in [5, 5.41) is 0. The maximum absolute atomic E-state index is 9.99. The molecule has 0 aliphatic heterocycles. The third-order valence-electron chi connectivity index (χ3n) is 0.376. The molecule has 0 aromatic heterocycles. The maximum atomic E-state index is 9.99. The van der Waals surface area contributed by atoms with Gasteiger partial charge in [-0.05, 0) is 0 Å². The van der Waals surface area contributed by atoms with E-state index < -0.39 is 13.8 Å². The minimum absolute atomic E-state index is 0. The first-order valence-corrected chi connectivity index (χ1v) is 3.40. The Bertz CT molecular complexity index is 182. The van der Waals surface area contributed by atoms with E-state index in [0.29, 0.717) is 6.08 Å². The topological polar surface area (TPSA) is 83.8 Å². The predicted octanol–water partition coefficient (Wildman–Crippen LogP) is -2.40. The van der Waals surface area contributed by atoms with E-state index in [2.05, 4.69) is 11.1 Å². The molecule has 0 saturated carbocycles. The second-order valence-corrected chi connectivity index (χ2v) is 2.27. The normalized spacial score (nSPS) is 7.83. The Balaban J connectivity index is -0.000000107. The number of hydrogen-bond donors (Lipinski definition) is 2. The van der Waals surface area contributed by atoms with E-state index in [1.807, 2.05) is 0 Å². The van der Waals surface area contributed by atoms with E-state index in [1.165, 1.54) is 0 Å². The number of phosphoric ester groups is 1. The fraction of sp³-hybridized carbons (Fsp3) is 0. The quantitative estimate of drug-likeness (QED) is 0.327. The summed E-state index contributed by atoms with van der Waals surface area (Å²) in [7, 11) is -4.66. The zero-order chi connectivity index (χ0) is 7.49. The molecular formula is C3H9CaKNaO5P. The van der Waals surface area contributed by atoms with Gasteiger partial charge in [-0.15, -0.1) is 0 Å². The summed E-state index contributed by atoms with van der Waals surface area (Å²) < 4.78 is 13.3. The first kappa shape index (κ1) is 24.5. The van der Waals surface area contributed by atoms with E-state index in [9.17, 15) is 9.36 Å². The molecule has 2 N–H and O–H groups in total. The first-order chi connectivity index (χ1) is 3.95. The summed E-state index contributed by atoms with van der Waals surface area (Å²) in [6.07, 6.45) is 0.666. The van der Waals surface area contributed by atoms with Crippen molar-refractivity contribution in [3.8, 4) is 0 Å². The number of rotatable bonds is 2. The van der Waals surface area contributed by atoms with Crippen molar-refractivity contribution < 1.29 is 23.7 Å². The van der Waals surface area contributed by atoms with Crippen molar-refractivity contribution in [3.63, 3.8) is 0 Å². The summed E-state index contributed by atoms with van der Waals surface area (Å²) in [6, 6.07) is 0. The van der Waals surface area contributed by atoms with Gasteiger partial charge in [0.25, 0.3) is 0 Å². The molecular weight excluding hydrogens is 249 g/mol. The summed E-state index contributed by atoms with van der Waals surface area (Å²) in [5.74, 6) is -1.14. The molecule has 0 aliphatic rings. The Kier molecular flexibility index (Phi) is 25.1. The Hall–Kier alpha value is 3.26. The van der Waals surface area contributed by atoms with Gasteiger partial charge < -0.3 is 4.52 Å². The predicted molar refractivity (Wildman–Crippen MR) is 51.2 cm³/mol. The molecule has 0 fully saturated rings. The van der Waals surface area contributed by atoms with E-state index in [-0.39, 0.29) is 119 Å². The van der Waals surface area contributed by atoms with Crippen molar-refractivity contribution in [1.82, 2.24) is 0 Å². The van der Waals surface area contributed by atoms with Crippen LogP contribution in [0.15, 0.2) is 12.7 Å². The van der Waals surface area contributed by atoms with Gasteiger partial charge in [0.15, 0.2) is 0 Å². The molecule has 0 rings (SSSR count). The minimum atomic E-state index is -4.66. The molecule has 0 amide bonds. The Morgan fingerprint density at radius 1 is 1.50 bits per heavy atom. The van der Waals surface area contributed by atoms with Crippen LogP contribution in [0.2, 0.25) is 0 Å². The van der Waals surface area contributed by atoms with Crippen molar-refractivity contribution >= 4 is 132 Å². The zero-order valence-electron chi connectivity index (χ0n) is 4.35. The van der Waals surface area contributed by atoms with Crippen LogP contribution in [0.4, 0.5) is 0 Å². The van der Waals surface area contributed by atoms with Gasteiger partial charge in [0.05, 0.1) is 0 Å². The molecule has 5 nitrogen and oxygen atoms in total. The van der Waals surface area contributed by atoms with Gasteiger partial charge in [0.1, 0.15) is 0 Å². The second kappa shape index (κ2) is 12.3. The van der Waals surface area contributed by atoms with Crippen LogP contribution in [0.5, 0.6) is 0 Å². The van der Waals surface area contributed by atoms with Crippen molar-refractivity contribution in [2.24, 2.45) is 0 Å². The fourth-order valence-corrected chi connectivity index (χ4v) is 0.463. The number of carbonyl (C=O) groups excluding carboxylic acids is 1. The summed E-state index contributed by atoms with van der Waals surface area (Å²) in [5.41, 5.74) is 0. The molecule has 0 atom stereocenters.